The average molecular weight is 261 g/mol. The molecule has 4 N–H and O–H groups in total. The van der Waals surface area contributed by atoms with Crippen LogP contribution in [0.1, 0.15) is 27.6 Å². The van der Waals surface area contributed by atoms with E-state index in [1.54, 1.807) is 19.1 Å². The molecule has 0 saturated heterocycles. The predicted molar refractivity (Wildman–Crippen MR) is 69.2 cm³/mol. The van der Waals surface area contributed by atoms with E-state index < -0.39 is 0 Å². The fourth-order valence-electron chi connectivity index (χ4n) is 1.64. The third-order valence-corrected chi connectivity index (χ3v) is 2.55. The van der Waals surface area contributed by atoms with Gasteiger partial charge in [0, 0.05) is 6.92 Å². The van der Waals surface area contributed by atoms with Crippen molar-refractivity contribution in [1.82, 2.24) is 15.5 Å². The maximum Gasteiger partial charge on any atom is 0.253 e. The zero-order valence-electron chi connectivity index (χ0n) is 10.7. The smallest absolute Gasteiger partial charge is 0.253 e. The second-order valence-electron chi connectivity index (χ2n) is 4.11. The molecule has 0 spiro atoms. The number of nitrogens with zero attached hydrogens (tertiary/aromatic N) is 2. The first-order valence-corrected chi connectivity index (χ1v) is 5.75. The second kappa shape index (κ2) is 5.49. The van der Waals surface area contributed by atoms with Crippen LogP contribution in [0, 0.1) is 13.8 Å². The number of hydrazine groups is 1. The van der Waals surface area contributed by atoms with Gasteiger partial charge in [-0.05, 0) is 19.1 Å². The molecular formula is C12H15N5O2. The minimum absolute atomic E-state index is 0.203. The first-order valence-electron chi connectivity index (χ1n) is 5.75. The van der Waals surface area contributed by atoms with Gasteiger partial charge in [0.25, 0.3) is 5.91 Å². The van der Waals surface area contributed by atoms with Crippen LogP contribution >= 0.6 is 0 Å². The Kier molecular flexibility index (Phi) is 3.76. The molecule has 7 nitrogen and oxygen atoms in total. The molecule has 2 rings (SSSR count). The van der Waals surface area contributed by atoms with E-state index in [1.165, 1.54) is 0 Å². The Bertz CT molecular complexity index is 594. The van der Waals surface area contributed by atoms with E-state index >= 15 is 0 Å². The summed E-state index contributed by atoms with van der Waals surface area (Å²) in [6.07, 6.45) is 0. The number of nitrogen functional groups attached to an aromatic ring is 1. The summed E-state index contributed by atoms with van der Waals surface area (Å²) in [5.74, 6) is 6.02. The van der Waals surface area contributed by atoms with E-state index in [4.69, 9.17) is 10.4 Å². The lowest BCUT2D eigenvalue weighted by atomic mass is 10.1. The summed E-state index contributed by atoms with van der Waals surface area (Å²) >= 11 is 0. The third-order valence-electron chi connectivity index (χ3n) is 2.55. The molecule has 7 heteroatoms. The van der Waals surface area contributed by atoms with Crippen LogP contribution in [-0.4, -0.2) is 16.0 Å². The minimum Gasteiger partial charge on any atom is -0.345 e. The molecule has 19 heavy (non-hydrogen) atoms. The Morgan fingerprint density at radius 1 is 1.42 bits per heavy atom. The highest BCUT2D eigenvalue weighted by Gasteiger charge is 2.12. The van der Waals surface area contributed by atoms with Gasteiger partial charge in [-0.1, -0.05) is 16.8 Å². The van der Waals surface area contributed by atoms with E-state index in [-0.39, 0.29) is 12.5 Å². The summed E-state index contributed by atoms with van der Waals surface area (Å²) < 4.78 is 4.82. The van der Waals surface area contributed by atoms with Crippen LogP contribution in [-0.2, 0) is 6.54 Å². The number of benzene rings is 1. The van der Waals surface area contributed by atoms with Gasteiger partial charge >= 0.3 is 0 Å². The lowest BCUT2D eigenvalue weighted by Gasteiger charge is -2.09. The van der Waals surface area contributed by atoms with Gasteiger partial charge in [-0.25, -0.2) is 0 Å². The minimum atomic E-state index is -0.251. The molecule has 0 aliphatic carbocycles. The SMILES string of the molecule is Cc1ccc(NN)c(C(=O)NCc2noc(C)n2)c1. The van der Waals surface area contributed by atoms with Crippen molar-refractivity contribution in [3.63, 3.8) is 0 Å². The first-order chi connectivity index (χ1) is 9.10. The molecule has 0 unspecified atom stereocenters. The summed E-state index contributed by atoms with van der Waals surface area (Å²) in [6, 6.07) is 5.38. The van der Waals surface area contributed by atoms with Crippen LogP contribution in [0.2, 0.25) is 0 Å². The van der Waals surface area contributed by atoms with E-state index in [0.717, 1.165) is 5.56 Å². The van der Waals surface area contributed by atoms with E-state index in [1.807, 2.05) is 13.0 Å². The number of nitrogens with one attached hydrogen (secondary N) is 2. The molecule has 2 aromatic rings. The first kappa shape index (κ1) is 13.0. The van der Waals surface area contributed by atoms with E-state index in [9.17, 15) is 4.79 Å². The highest BCUT2D eigenvalue weighted by Crippen LogP contribution is 2.16. The van der Waals surface area contributed by atoms with Crippen LogP contribution in [0.15, 0.2) is 22.7 Å². The molecule has 100 valence electrons. The highest BCUT2D eigenvalue weighted by atomic mass is 16.5. The lowest BCUT2D eigenvalue weighted by Crippen LogP contribution is -2.25. The van der Waals surface area contributed by atoms with Crippen LogP contribution in [0.5, 0.6) is 0 Å². The number of nitrogens with two attached hydrogens (primary N) is 1. The number of carbonyl (C=O) groups is 1. The molecule has 0 radical (unpaired) electrons. The zero-order valence-corrected chi connectivity index (χ0v) is 10.7. The maximum absolute atomic E-state index is 12.1. The van der Waals surface area contributed by atoms with Gasteiger partial charge in [-0.2, -0.15) is 4.98 Å². The summed E-state index contributed by atoms with van der Waals surface area (Å²) in [4.78, 5) is 16.1. The summed E-state index contributed by atoms with van der Waals surface area (Å²) in [7, 11) is 0. The van der Waals surface area contributed by atoms with Crippen LogP contribution < -0.4 is 16.6 Å². The van der Waals surface area contributed by atoms with Gasteiger partial charge in [-0.3, -0.25) is 10.6 Å². The van der Waals surface area contributed by atoms with E-state index in [0.29, 0.717) is 23.0 Å². The van der Waals surface area contributed by atoms with Crippen molar-refractivity contribution < 1.29 is 9.32 Å². The lowest BCUT2D eigenvalue weighted by molar-refractivity contribution is 0.0950. The van der Waals surface area contributed by atoms with Crippen molar-refractivity contribution in [1.29, 1.82) is 0 Å². The molecule has 1 aromatic heterocycles. The predicted octanol–water partition coefficient (Wildman–Crippen LogP) is 0.902. The number of rotatable bonds is 4. The van der Waals surface area contributed by atoms with Crippen molar-refractivity contribution in [2.75, 3.05) is 5.43 Å². The fraction of sp³-hybridized carbons (Fsp3) is 0.250. The number of amides is 1. The van der Waals surface area contributed by atoms with Crippen molar-refractivity contribution in [2.45, 2.75) is 20.4 Å². The molecule has 0 atom stereocenters. The molecule has 0 bridgehead atoms. The Morgan fingerprint density at radius 2 is 2.21 bits per heavy atom. The van der Waals surface area contributed by atoms with Crippen LogP contribution in [0.3, 0.4) is 0 Å². The Balaban J connectivity index is 2.09. The van der Waals surface area contributed by atoms with Crippen LogP contribution in [0.25, 0.3) is 0 Å². The average Bonchev–Trinajstić information content (AvgIpc) is 2.81. The van der Waals surface area contributed by atoms with Gasteiger partial charge in [0.2, 0.25) is 5.89 Å². The molecule has 1 heterocycles. The molecule has 0 aliphatic rings. The standard InChI is InChI=1S/C12H15N5O2/c1-7-3-4-10(16-13)9(5-7)12(18)14-6-11-15-8(2)19-17-11/h3-5,16H,6,13H2,1-2H3,(H,14,18). The van der Waals surface area contributed by atoms with Gasteiger partial charge in [0.15, 0.2) is 5.82 Å². The fourth-order valence-corrected chi connectivity index (χ4v) is 1.64. The number of aryl methyl sites for hydroxylation is 2. The Labute approximate surface area is 110 Å². The molecular weight excluding hydrogens is 246 g/mol. The summed E-state index contributed by atoms with van der Waals surface area (Å²) in [6.45, 7) is 3.79. The van der Waals surface area contributed by atoms with Crippen molar-refractivity contribution in [2.24, 2.45) is 5.84 Å². The monoisotopic (exact) mass is 261 g/mol. The van der Waals surface area contributed by atoms with Gasteiger partial charge < -0.3 is 15.3 Å². The number of hydrogen-bond donors (Lipinski definition) is 3. The third kappa shape index (κ3) is 3.08. The number of hydrogen-bond acceptors (Lipinski definition) is 6. The zero-order chi connectivity index (χ0) is 13.8. The highest BCUT2D eigenvalue weighted by molar-refractivity contribution is 5.99. The Hall–Kier alpha value is -2.41. The Morgan fingerprint density at radius 3 is 2.84 bits per heavy atom. The van der Waals surface area contributed by atoms with Crippen molar-refractivity contribution >= 4 is 11.6 Å². The van der Waals surface area contributed by atoms with E-state index in [2.05, 4.69) is 20.9 Å². The van der Waals surface area contributed by atoms with Gasteiger partial charge in [0.05, 0.1) is 17.8 Å². The van der Waals surface area contributed by atoms with Crippen molar-refractivity contribution in [3.8, 4) is 0 Å². The molecule has 0 saturated carbocycles. The number of anilines is 1. The number of carbonyl (C=O) groups excluding carboxylic acids is 1. The van der Waals surface area contributed by atoms with Gasteiger partial charge in [0.1, 0.15) is 0 Å². The normalized spacial score (nSPS) is 10.3. The molecule has 1 aromatic carbocycles. The topological polar surface area (TPSA) is 106 Å². The quantitative estimate of drug-likeness (QED) is 0.557. The molecule has 1 amide bonds. The number of aromatic nitrogens is 2. The molecule has 0 fully saturated rings. The summed E-state index contributed by atoms with van der Waals surface area (Å²) in [5.41, 5.74) is 4.50. The summed E-state index contributed by atoms with van der Waals surface area (Å²) in [5, 5.41) is 6.41. The van der Waals surface area contributed by atoms with Gasteiger partial charge in [-0.15, -0.1) is 0 Å². The largest absolute Gasteiger partial charge is 0.345 e. The van der Waals surface area contributed by atoms with Crippen LogP contribution in [0.4, 0.5) is 5.69 Å². The van der Waals surface area contributed by atoms with Crippen molar-refractivity contribution in [3.05, 3.63) is 41.0 Å². The second-order valence-corrected chi connectivity index (χ2v) is 4.11. The maximum atomic E-state index is 12.1. The molecule has 0 aliphatic heterocycles.